The normalized spacial score (nSPS) is 15.9. The van der Waals surface area contributed by atoms with E-state index in [4.69, 9.17) is 4.99 Å². The van der Waals surface area contributed by atoms with Crippen molar-refractivity contribution in [3.8, 4) is 0 Å². The maximum atomic E-state index is 13.5. The van der Waals surface area contributed by atoms with Crippen molar-refractivity contribution in [2.45, 2.75) is 38.6 Å². The Bertz CT molecular complexity index is 733. The number of aromatic nitrogens is 2. The molecule has 0 unspecified atom stereocenters. The number of nitrogens with one attached hydrogen (secondary N) is 2. The fraction of sp³-hybridized carbons (Fsp3) is 0.474. The molecule has 0 spiro atoms. The first-order chi connectivity index (χ1) is 12.1. The quantitative estimate of drug-likeness (QED) is 0.600. The predicted octanol–water partition coefficient (Wildman–Crippen LogP) is 2.62. The second kappa shape index (κ2) is 7.68. The molecule has 1 aliphatic rings. The predicted molar refractivity (Wildman–Crippen MR) is 98.3 cm³/mol. The van der Waals surface area contributed by atoms with Gasteiger partial charge in [-0.05, 0) is 49.9 Å². The van der Waals surface area contributed by atoms with Gasteiger partial charge in [0, 0.05) is 24.7 Å². The maximum absolute atomic E-state index is 13.5. The zero-order chi connectivity index (χ0) is 17.7. The fourth-order valence-corrected chi connectivity index (χ4v) is 2.96. The lowest BCUT2D eigenvalue weighted by Crippen LogP contribution is -2.39. The van der Waals surface area contributed by atoms with Crippen molar-refractivity contribution in [1.29, 1.82) is 0 Å². The van der Waals surface area contributed by atoms with Crippen LogP contribution in [0.3, 0.4) is 0 Å². The van der Waals surface area contributed by atoms with E-state index in [1.807, 2.05) is 37.0 Å². The van der Waals surface area contributed by atoms with Gasteiger partial charge in [0.1, 0.15) is 5.82 Å². The maximum Gasteiger partial charge on any atom is 0.191 e. The van der Waals surface area contributed by atoms with Gasteiger partial charge in [-0.1, -0.05) is 12.1 Å². The van der Waals surface area contributed by atoms with E-state index in [1.165, 1.54) is 6.07 Å². The average Bonchev–Trinajstić information content (AvgIpc) is 3.28. The summed E-state index contributed by atoms with van der Waals surface area (Å²) in [5, 5.41) is 10.9. The SMILES string of the molecule is CCNC(=NCC1(c2cccc(F)c2)CC1)NCCn1cc(C)cn1. The van der Waals surface area contributed by atoms with E-state index in [2.05, 4.69) is 15.7 Å². The molecule has 1 aromatic heterocycles. The van der Waals surface area contributed by atoms with Crippen molar-refractivity contribution < 1.29 is 4.39 Å². The summed E-state index contributed by atoms with van der Waals surface area (Å²) in [4.78, 5) is 4.73. The lowest BCUT2D eigenvalue weighted by molar-refractivity contribution is 0.595. The molecule has 1 aromatic carbocycles. The molecule has 1 aliphatic carbocycles. The molecule has 5 nitrogen and oxygen atoms in total. The zero-order valence-corrected chi connectivity index (χ0v) is 14.9. The van der Waals surface area contributed by atoms with Crippen LogP contribution in [-0.2, 0) is 12.0 Å². The van der Waals surface area contributed by atoms with Crippen LogP contribution in [0.4, 0.5) is 4.39 Å². The van der Waals surface area contributed by atoms with Crippen LogP contribution in [0, 0.1) is 12.7 Å². The highest BCUT2D eigenvalue weighted by Gasteiger charge is 2.44. The Kier molecular flexibility index (Phi) is 5.36. The number of hydrogen-bond acceptors (Lipinski definition) is 2. The van der Waals surface area contributed by atoms with Crippen molar-refractivity contribution in [2.24, 2.45) is 4.99 Å². The largest absolute Gasteiger partial charge is 0.357 e. The Balaban J connectivity index is 1.58. The van der Waals surface area contributed by atoms with Gasteiger partial charge in [0.2, 0.25) is 0 Å². The van der Waals surface area contributed by atoms with Crippen molar-refractivity contribution in [2.75, 3.05) is 19.6 Å². The number of aryl methyl sites for hydroxylation is 1. The smallest absolute Gasteiger partial charge is 0.191 e. The monoisotopic (exact) mass is 343 g/mol. The summed E-state index contributed by atoms with van der Waals surface area (Å²) in [5.74, 6) is 0.626. The van der Waals surface area contributed by atoms with E-state index < -0.39 is 0 Å². The summed E-state index contributed by atoms with van der Waals surface area (Å²) in [5.41, 5.74) is 2.22. The van der Waals surface area contributed by atoms with Crippen LogP contribution in [0.2, 0.25) is 0 Å². The van der Waals surface area contributed by atoms with Crippen LogP contribution in [0.5, 0.6) is 0 Å². The first-order valence-electron chi connectivity index (χ1n) is 8.89. The number of rotatable bonds is 7. The number of hydrogen-bond donors (Lipinski definition) is 2. The lowest BCUT2D eigenvalue weighted by Gasteiger charge is -2.16. The third-order valence-electron chi connectivity index (χ3n) is 4.57. The van der Waals surface area contributed by atoms with Crippen LogP contribution >= 0.6 is 0 Å². The molecule has 0 aliphatic heterocycles. The van der Waals surface area contributed by atoms with Gasteiger partial charge in [0.15, 0.2) is 5.96 Å². The Morgan fingerprint density at radius 1 is 1.36 bits per heavy atom. The molecule has 1 heterocycles. The van der Waals surface area contributed by atoms with Crippen LogP contribution in [0.15, 0.2) is 41.7 Å². The van der Waals surface area contributed by atoms with Gasteiger partial charge in [-0.15, -0.1) is 0 Å². The Morgan fingerprint density at radius 2 is 2.20 bits per heavy atom. The van der Waals surface area contributed by atoms with Crippen LogP contribution in [0.1, 0.15) is 30.9 Å². The van der Waals surface area contributed by atoms with E-state index in [1.54, 1.807) is 12.1 Å². The summed E-state index contributed by atoms with van der Waals surface area (Å²) in [6.45, 7) is 7.09. The highest BCUT2D eigenvalue weighted by Crippen LogP contribution is 2.48. The lowest BCUT2D eigenvalue weighted by atomic mass is 9.96. The third-order valence-corrected chi connectivity index (χ3v) is 4.57. The van der Waals surface area contributed by atoms with Crippen molar-refractivity contribution in [3.05, 3.63) is 53.6 Å². The van der Waals surface area contributed by atoms with Crippen molar-refractivity contribution >= 4 is 5.96 Å². The highest BCUT2D eigenvalue weighted by molar-refractivity contribution is 5.79. The average molecular weight is 343 g/mol. The summed E-state index contributed by atoms with van der Waals surface area (Å²) in [6.07, 6.45) is 6.00. The number of halogens is 1. The first-order valence-corrected chi connectivity index (χ1v) is 8.89. The molecule has 2 N–H and O–H groups in total. The molecule has 134 valence electrons. The zero-order valence-electron chi connectivity index (χ0n) is 14.9. The highest BCUT2D eigenvalue weighted by atomic mass is 19.1. The summed E-state index contributed by atoms with van der Waals surface area (Å²) in [7, 11) is 0. The summed E-state index contributed by atoms with van der Waals surface area (Å²) < 4.78 is 15.4. The molecular weight excluding hydrogens is 317 g/mol. The van der Waals surface area contributed by atoms with E-state index in [0.29, 0.717) is 6.54 Å². The molecule has 25 heavy (non-hydrogen) atoms. The Morgan fingerprint density at radius 3 is 2.84 bits per heavy atom. The van der Waals surface area contributed by atoms with Crippen molar-refractivity contribution in [1.82, 2.24) is 20.4 Å². The van der Waals surface area contributed by atoms with E-state index >= 15 is 0 Å². The minimum Gasteiger partial charge on any atom is -0.357 e. The minimum atomic E-state index is -0.174. The summed E-state index contributed by atoms with van der Waals surface area (Å²) >= 11 is 0. The number of benzene rings is 1. The van der Waals surface area contributed by atoms with Crippen LogP contribution in [0.25, 0.3) is 0 Å². The number of guanidine groups is 1. The van der Waals surface area contributed by atoms with Crippen LogP contribution in [-0.4, -0.2) is 35.4 Å². The molecule has 6 heteroatoms. The molecule has 2 aromatic rings. The fourth-order valence-electron chi connectivity index (χ4n) is 2.96. The first kappa shape index (κ1) is 17.5. The van der Waals surface area contributed by atoms with E-state index in [9.17, 15) is 4.39 Å². The van der Waals surface area contributed by atoms with Gasteiger partial charge in [0.25, 0.3) is 0 Å². The minimum absolute atomic E-state index is 0.00352. The van der Waals surface area contributed by atoms with Gasteiger partial charge in [-0.3, -0.25) is 9.67 Å². The van der Waals surface area contributed by atoms with Crippen LogP contribution < -0.4 is 10.6 Å². The molecule has 3 rings (SSSR count). The number of aliphatic imine (C=N–C) groups is 1. The molecule has 0 radical (unpaired) electrons. The van der Waals surface area contributed by atoms with E-state index in [-0.39, 0.29) is 11.2 Å². The molecule has 1 fully saturated rings. The standard InChI is InChI=1S/C19H26FN5/c1-3-21-18(22-9-10-25-13-15(2)12-24-25)23-14-19(7-8-19)16-5-4-6-17(20)11-16/h4-6,11-13H,3,7-10,14H2,1-2H3,(H2,21,22,23). The molecule has 1 saturated carbocycles. The molecule has 0 atom stereocenters. The Hall–Kier alpha value is -2.37. The second-order valence-electron chi connectivity index (χ2n) is 6.69. The van der Waals surface area contributed by atoms with Gasteiger partial charge >= 0.3 is 0 Å². The molecule has 0 amide bonds. The van der Waals surface area contributed by atoms with Crippen molar-refractivity contribution in [3.63, 3.8) is 0 Å². The Labute approximate surface area is 148 Å². The van der Waals surface area contributed by atoms with Gasteiger partial charge in [0.05, 0.1) is 19.3 Å². The molecule has 0 bridgehead atoms. The topological polar surface area (TPSA) is 54.2 Å². The molecule has 0 saturated heterocycles. The van der Waals surface area contributed by atoms with E-state index in [0.717, 1.165) is 49.6 Å². The van der Waals surface area contributed by atoms with Gasteiger partial charge < -0.3 is 10.6 Å². The van der Waals surface area contributed by atoms with Gasteiger partial charge in [-0.2, -0.15) is 5.10 Å². The molecular formula is C19H26FN5. The second-order valence-corrected chi connectivity index (χ2v) is 6.69. The third kappa shape index (κ3) is 4.59. The number of nitrogens with zero attached hydrogens (tertiary/aromatic N) is 3. The summed E-state index contributed by atoms with van der Waals surface area (Å²) in [6, 6.07) is 6.92. The van der Waals surface area contributed by atoms with Gasteiger partial charge in [-0.25, -0.2) is 4.39 Å².